The first-order valence-corrected chi connectivity index (χ1v) is 7.01. The Labute approximate surface area is 131 Å². The summed E-state index contributed by atoms with van der Waals surface area (Å²) >= 11 is 5.84. The predicted octanol–water partition coefficient (Wildman–Crippen LogP) is 2.70. The van der Waals surface area contributed by atoms with E-state index in [0.29, 0.717) is 26.8 Å². The summed E-state index contributed by atoms with van der Waals surface area (Å²) in [6, 6.07) is 15.3. The fourth-order valence-corrected chi connectivity index (χ4v) is 2.30. The van der Waals surface area contributed by atoms with E-state index >= 15 is 0 Å². The van der Waals surface area contributed by atoms with E-state index in [1.165, 1.54) is 0 Å². The predicted molar refractivity (Wildman–Crippen MR) is 82.1 cm³/mol. The molecule has 0 saturated carbocycles. The summed E-state index contributed by atoms with van der Waals surface area (Å²) in [5, 5.41) is 17.2. The summed E-state index contributed by atoms with van der Waals surface area (Å²) in [5.41, 5.74) is 1.38. The Bertz CT molecular complexity index is 827. The van der Waals surface area contributed by atoms with Crippen LogP contribution in [-0.4, -0.2) is 15.7 Å². The number of carbonyl (C=O) groups is 1. The minimum atomic E-state index is -0.353. The maximum Gasteiger partial charge on any atom is 0.248 e. The molecule has 0 amide bonds. The van der Waals surface area contributed by atoms with Gasteiger partial charge >= 0.3 is 0 Å². The number of ketones is 1. The van der Waals surface area contributed by atoms with Crippen LogP contribution in [0.4, 0.5) is 0 Å². The molecule has 110 valence electrons. The van der Waals surface area contributed by atoms with Crippen LogP contribution in [0.15, 0.2) is 54.6 Å². The molecule has 0 atom stereocenters. The molecule has 1 heterocycles. The van der Waals surface area contributed by atoms with Gasteiger partial charge in [-0.3, -0.25) is 4.79 Å². The molecule has 6 heteroatoms. The molecule has 0 aliphatic heterocycles. The number of nitrogens with zero attached hydrogens (tertiary/aromatic N) is 3. The monoisotopic (exact) mass is 313 g/mol. The zero-order valence-corrected chi connectivity index (χ0v) is 12.5. The van der Waals surface area contributed by atoms with Gasteiger partial charge in [0.2, 0.25) is 17.2 Å². The third-order valence-corrected chi connectivity index (χ3v) is 3.51. The van der Waals surface area contributed by atoms with Crippen molar-refractivity contribution in [1.29, 1.82) is 0 Å². The van der Waals surface area contributed by atoms with Crippen LogP contribution in [0.2, 0.25) is 5.02 Å². The largest absolute Gasteiger partial charge is 0.692 e. The molecule has 22 heavy (non-hydrogen) atoms. The van der Waals surface area contributed by atoms with Gasteiger partial charge in [0, 0.05) is 22.6 Å². The highest BCUT2D eigenvalue weighted by atomic mass is 35.5. The first-order valence-electron chi connectivity index (χ1n) is 6.63. The van der Waals surface area contributed by atoms with E-state index in [1.54, 1.807) is 55.5 Å². The zero-order valence-electron chi connectivity index (χ0n) is 11.7. The van der Waals surface area contributed by atoms with Crippen LogP contribution in [-0.2, 0) is 0 Å². The van der Waals surface area contributed by atoms with E-state index in [4.69, 9.17) is 11.6 Å². The second kappa shape index (κ2) is 5.61. The van der Waals surface area contributed by atoms with Gasteiger partial charge in [-0.2, -0.15) is 0 Å². The third-order valence-electron chi connectivity index (χ3n) is 3.26. The maximum atomic E-state index is 12.5. The van der Waals surface area contributed by atoms with Crippen molar-refractivity contribution in [2.24, 2.45) is 0 Å². The molecule has 3 rings (SSSR count). The second-order valence-electron chi connectivity index (χ2n) is 4.77. The molecule has 0 N–H and O–H groups in total. The summed E-state index contributed by atoms with van der Waals surface area (Å²) in [7, 11) is 0. The Kier molecular flexibility index (Phi) is 3.65. The molecular formula is C16H12ClN3O2. The third kappa shape index (κ3) is 2.46. The van der Waals surface area contributed by atoms with E-state index in [9.17, 15) is 10.0 Å². The smallest absolute Gasteiger partial charge is 0.248 e. The standard InChI is InChI=1S/C16H12ClN3O2/c1-11-15(16(21)12-5-3-2-4-6-12)20(22)19(18-11)14-9-7-13(17)8-10-14/h2-10H,1H3. The summed E-state index contributed by atoms with van der Waals surface area (Å²) in [5.74, 6) is -0.353. The van der Waals surface area contributed by atoms with Crippen LogP contribution in [0, 0.1) is 12.1 Å². The lowest BCUT2D eigenvalue weighted by Crippen LogP contribution is -2.42. The van der Waals surface area contributed by atoms with Gasteiger partial charge in [0.25, 0.3) is 0 Å². The Hall–Kier alpha value is -2.66. The molecule has 0 aliphatic carbocycles. The molecule has 2 aromatic carbocycles. The number of aromatic nitrogens is 3. The molecule has 0 unspecified atom stereocenters. The molecule has 5 nitrogen and oxygen atoms in total. The van der Waals surface area contributed by atoms with Crippen molar-refractivity contribution in [2.45, 2.75) is 6.92 Å². The molecular weight excluding hydrogens is 302 g/mol. The Balaban J connectivity index is 2.08. The van der Waals surface area contributed by atoms with E-state index in [-0.39, 0.29) is 11.5 Å². The summed E-state index contributed by atoms with van der Waals surface area (Å²) < 4.78 is 0. The van der Waals surface area contributed by atoms with Crippen LogP contribution >= 0.6 is 11.6 Å². The van der Waals surface area contributed by atoms with E-state index in [1.807, 2.05) is 6.07 Å². The Morgan fingerprint density at radius 2 is 1.77 bits per heavy atom. The first kappa shape index (κ1) is 14.3. The van der Waals surface area contributed by atoms with Gasteiger partial charge in [-0.1, -0.05) is 41.9 Å². The average Bonchev–Trinajstić information content (AvgIpc) is 2.83. The molecule has 3 aromatic rings. The van der Waals surface area contributed by atoms with Crippen LogP contribution in [0.5, 0.6) is 0 Å². The van der Waals surface area contributed by atoms with Crippen LogP contribution < -0.4 is 4.85 Å². The highest BCUT2D eigenvalue weighted by Crippen LogP contribution is 2.14. The number of halogens is 1. The average molecular weight is 314 g/mol. The van der Waals surface area contributed by atoms with E-state index < -0.39 is 0 Å². The van der Waals surface area contributed by atoms with Crippen molar-refractivity contribution < 1.29 is 9.64 Å². The van der Waals surface area contributed by atoms with Crippen LogP contribution in [0.3, 0.4) is 0 Å². The molecule has 0 aliphatic rings. The van der Waals surface area contributed by atoms with Gasteiger partial charge in [0.1, 0.15) is 5.69 Å². The lowest BCUT2D eigenvalue weighted by Gasteiger charge is -2.06. The number of hydrogen-bond donors (Lipinski definition) is 0. The SMILES string of the molecule is Cc1nn(-c2ccc(Cl)cc2)[n+]([O-])c1C(=O)c1ccccc1. The number of carbonyl (C=O) groups excluding carboxylic acids is 1. The zero-order chi connectivity index (χ0) is 15.7. The van der Waals surface area contributed by atoms with Crippen molar-refractivity contribution in [1.82, 2.24) is 9.90 Å². The van der Waals surface area contributed by atoms with Crippen LogP contribution in [0.1, 0.15) is 21.7 Å². The Morgan fingerprint density at radius 1 is 1.14 bits per heavy atom. The lowest BCUT2D eigenvalue weighted by atomic mass is 10.1. The van der Waals surface area contributed by atoms with Gasteiger partial charge in [-0.15, -0.1) is 4.85 Å². The summed E-state index contributed by atoms with van der Waals surface area (Å²) in [6.45, 7) is 1.64. The van der Waals surface area contributed by atoms with Gasteiger partial charge in [0.15, 0.2) is 0 Å². The quantitative estimate of drug-likeness (QED) is 0.424. The highest BCUT2D eigenvalue weighted by molar-refractivity contribution is 6.30. The van der Waals surface area contributed by atoms with Crippen molar-refractivity contribution in [3.05, 3.63) is 81.8 Å². The van der Waals surface area contributed by atoms with Gasteiger partial charge in [-0.05, 0) is 29.1 Å². The summed E-state index contributed by atoms with van der Waals surface area (Å²) in [4.78, 5) is 14.1. The van der Waals surface area contributed by atoms with Crippen molar-refractivity contribution >= 4 is 17.4 Å². The Morgan fingerprint density at radius 3 is 2.41 bits per heavy atom. The molecule has 0 fully saturated rings. The number of aryl methyl sites for hydroxylation is 1. The number of hydrogen-bond acceptors (Lipinski definition) is 3. The topological polar surface area (TPSA) is 61.8 Å². The second-order valence-corrected chi connectivity index (χ2v) is 5.20. The highest BCUT2D eigenvalue weighted by Gasteiger charge is 2.27. The van der Waals surface area contributed by atoms with Crippen LogP contribution in [0.25, 0.3) is 5.69 Å². The van der Waals surface area contributed by atoms with Gasteiger partial charge in [0.05, 0.1) is 0 Å². The fraction of sp³-hybridized carbons (Fsp3) is 0.0625. The number of benzene rings is 2. The molecule has 0 bridgehead atoms. The first-order chi connectivity index (χ1) is 10.6. The van der Waals surface area contributed by atoms with E-state index in [2.05, 4.69) is 5.10 Å². The maximum absolute atomic E-state index is 12.5. The van der Waals surface area contributed by atoms with Crippen molar-refractivity contribution in [3.63, 3.8) is 0 Å². The molecule has 0 radical (unpaired) electrons. The van der Waals surface area contributed by atoms with Crippen molar-refractivity contribution in [2.75, 3.05) is 0 Å². The molecule has 0 saturated heterocycles. The van der Waals surface area contributed by atoms with Crippen molar-refractivity contribution in [3.8, 4) is 5.69 Å². The lowest BCUT2D eigenvalue weighted by molar-refractivity contribution is -0.690. The number of rotatable bonds is 3. The fourth-order valence-electron chi connectivity index (χ4n) is 2.18. The minimum absolute atomic E-state index is 0.0150. The van der Waals surface area contributed by atoms with Gasteiger partial charge < -0.3 is 5.21 Å². The van der Waals surface area contributed by atoms with Gasteiger partial charge in [-0.25, -0.2) is 0 Å². The normalized spacial score (nSPS) is 10.6. The minimum Gasteiger partial charge on any atom is -0.692 e. The molecule has 0 spiro atoms. The molecule has 1 aromatic heterocycles. The van der Waals surface area contributed by atoms with E-state index in [0.717, 1.165) is 4.80 Å². The summed E-state index contributed by atoms with van der Waals surface area (Å²) in [6.07, 6.45) is 0.